The van der Waals surface area contributed by atoms with Gasteiger partial charge in [-0.05, 0) is 11.6 Å². The number of carboxylic acid groups (broad SMARTS) is 1. The maximum absolute atomic E-state index is 12.7. The lowest BCUT2D eigenvalue weighted by molar-refractivity contribution is 0.0695. The van der Waals surface area contributed by atoms with Crippen LogP contribution >= 0.6 is 0 Å². The molecule has 0 saturated carbocycles. The van der Waals surface area contributed by atoms with Gasteiger partial charge in [0.05, 0.1) is 5.52 Å². The van der Waals surface area contributed by atoms with E-state index in [1.165, 1.54) is 11.6 Å². The van der Waals surface area contributed by atoms with Crippen molar-refractivity contribution in [2.75, 3.05) is 0 Å². The Morgan fingerprint density at radius 2 is 1.61 bits per heavy atom. The highest BCUT2D eigenvalue weighted by Gasteiger charge is 2.31. The van der Waals surface area contributed by atoms with Crippen molar-refractivity contribution in [1.29, 1.82) is 0 Å². The lowest BCUT2D eigenvalue weighted by atomic mass is 9.82. The number of carboxylic acids is 1. The fourth-order valence-corrected chi connectivity index (χ4v) is 3.29. The van der Waals surface area contributed by atoms with Crippen molar-refractivity contribution in [2.24, 2.45) is 7.05 Å². The molecule has 0 saturated heterocycles. The van der Waals surface area contributed by atoms with Crippen LogP contribution in [0.2, 0.25) is 0 Å². The summed E-state index contributed by atoms with van der Waals surface area (Å²) in [6.07, 6.45) is 0. The molecule has 5 nitrogen and oxygen atoms in total. The molecular weight excluding hydrogens is 294 g/mol. The molecule has 1 aromatic heterocycles. The van der Waals surface area contributed by atoms with E-state index < -0.39 is 11.5 Å². The van der Waals surface area contributed by atoms with Crippen LogP contribution in [0.25, 0.3) is 22.0 Å². The van der Waals surface area contributed by atoms with Crippen LogP contribution in [0.5, 0.6) is 0 Å². The number of ketones is 1. The van der Waals surface area contributed by atoms with E-state index in [4.69, 9.17) is 0 Å². The van der Waals surface area contributed by atoms with E-state index in [-0.39, 0.29) is 11.3 Å². The number of carbonyl (C=O) groups is 2. The molecule has 2 aromatic carbocycles. The quantitative estimate of drug-likeness (QED) is 0.586. The zero-order valence-electron chi connectivity index (χ0n) is 12.2. The smallest absolute Gasteiger partial charge is 0.342 e. The molecule has 0 aliphatic heterocycles. The van der Waals surface area contributed by atoms with Gasteiger partial charge in [-0.15, -0.1) is 0 Å². The molecule has 0 spiro atoms. The van der Waals surface area contributed by atoms with Gasteiger partial charge in [-0.25, -0.2) is 4.79 Å². The Hall–Kier alpha value is -3.21. The Morgan fingerprint density at radius 3 is 2.30 bits per heavy atom. The molecule has 23 heavy (non-hydrogen) atoms. The first-order valence-corrected chi connectivity index (χ1v) is 7.05. The molecule has 0 atom stereocenters. The van der Waals surface area contributed by atoms with Gasteiger partial charge in [0.15, 0.2) is 5.78 Å². The van der Waals surface area contributed by atoms with Crippen LogP contribution in [0.15, 0.2) is 47.3 Å². The van der Waals surface area contributed by atoms with Gasteiger partial charge < -0.3 is 9.67 Å². The summed E-state index contributed by atoms with van der Waals surface area (Å²) in [6.45, 7) is 0. The molecule has 1 N–H and O–H groups in total. The third-order valence-corrected chi connectivity index (χ3v) is 4.32. The summed E-state index contributed by atoms with van der Waals surface area (Å²) in [5.74, 6) is -1.45. The number of fused-ring (bicyclic) bond motifs is 2. The Balaban J connectivity index is 2.39. The number of aryl methyl sites for hydroxylation is 1. The molecular formula is C18H11NO4. The molecule has 0 bridgehead atoms. The van der Waals surface area contributed by atoms with Gasteiger partial charge in [0, 0.05) is 29.1 Å². The lowest BCUT2D eigenvalue weighted by Gasteiger charge is -2.22. The van der Waals surface area contributed by atoms with Gasteiger partial charge in [0.2, 0.25) is 0 Å². The van der Waals surface area contributed by atoms with Gasteiger partial charge in [-0.2, -0.15) is 0 Å². The van der Waals surface area contributed by atoms with E-state index in [2.05, 4.69) is 0 Å². The zero-order chi connectivity index (χ0) is 16.3. The number of aromatic carboxylic acids is 1. The summed E-state index contributed by atoms with van der Waals surface area (Å²) in [5, 5.41) is 10.1. The van der Waals surface area contributed by atoms with Crippen molar-refractivity contribution >= 4 is 22.7 Å². The summed E-state index contributed by atoms with van der Waals surface area (Å²) in [5.41, 5.74) is 1.35. The van der Waals surface area contributed by atoms with Crippen LogP contribution in [0.1, 0.15) is 26.3 Å². The Bertz CT molecular complexity index is 1090. The number of benzene rings is 2. The topological polar surface area (TPSA) is 76.4 Å². The summed E-state index contributed by atoms with van der Waals surface area (Å²) in [6, 6.07) is 11.9. The van der Waals surface area contributed by atoms with Crippen LogP contribution in [-0.4, -0.2) is 21.4 Å². The third-order valence-electron chi connectivity index (χ3n) is 4.32. The largest absolute Gasteiger partial charge is 0.477 e. The molecule has 0 radical (unpaired) electrons. The fourth-order valence-electron chi connectivity index (χ4n) is 3.29. The molecule has 0 unspecified atom stereocenters. The summed E-state index contributed by atoms with van der Waals surface area (Å²) in [7, 11) is 1.52. The van der Waals surface area contributed by atoms with Crippen molar-refractivity contribution in [2.45, 2.75) is 0 Å². The van der Waals surface area contributed by atoms with Crippen LogP contribution < -0.4 is 5.56 Å². The van der Waals surface area contributed by atoms with E-state index in [9.17, 15) is 19.5 Å². The average Bonchev–Trinajstić information content (AvgIpc) is 2.55. The second kappa shape index (κ2) is 4.39. The van der Waals surface area contributed by atoms with Gasteiger partial charge in [-0.1, -0.05) is 36.4 Å². The maximum atomic E-state index is 12.7. The highest BCUT2D eigenvalue weighted by Crippen LogP contribution is 2.40. The number of hydrogen-bond acceptors (Lipinski definition) is 3. The maximum Gasteiger partial charge on any atom is 0.342 e. The molecule has 1 aliphatic rings. The Kier molecular flexibility index (Phi) is 2.57. The molecule has 3 aromatic rings. The van der Waals surface area contributed by atoms with Crippen LogP contribution in [-0.2, 0) is 7.05 Å². The summed E-state index contributed by atoms with van der Waals surface area (Å²) in [4.78, 5) is 37.0. The Labute approximate surface area is 130 Å². The summed E-state index contributed by atoms with van der Waals surface area (Å²) >= 11 is 0. The third kappa shape index (κ3) is 1.59. The molecule has 1 heterocycles. The fraction of sp³-hybridized carbons (Fsp3) is 0.0556. The molecule has 1 aliphatic carbocycles. The number of nitrogens with zero attached hydrogens (tertiary/aromatic N) is 1. The minimum absolute atomic E-state index is 0.159. The first-order valence-electron chi connectivity index (χ1n) is 7.05. The predicted molar refractivity (Wildman–Crippen MR) is 85.0 cm³/mol. The SMILES string of the molecule is Cn1c(=O)c(C(=O)O)c2c3c(cccc31)C(=O)c1ccccc1-2. The van der Waals surface area contributed by atoms with Crippen LogP contribution in [0, 0.1) is 0 Å². The van der Waals surface area contributed by atoms with E-state index in [1.807, 2.05) is 0 Å². The summed E-state index contributed by atoms with van der Waals surface area (Å²) < 4.78 is 1.28. The number of rotatable bonds is 1. The zero-order valence-corrected chi connectivity index (χ0v) is 12.2. The standard InChI is InChI=1S/C18H11NO4/c1-19-12-8-4-7-11-13(12)14(15(17(19)21)18(22)23)9-5-2-3-6-10(9)16(11)20/h2-8H,1H3,(H,22,23). The first kappa shape index (κ1) is 13.5. The monoisotopic (exact) mass is 305 g/mol. The second-order valence-electron chi connectivity index (χ2n) is 5.49. The van der Waals surface area contributed by atoms with Gasteiger partial charge in [-0.3, -0.25) is 9.59 Å². The van der Waals surface area contributed by atoms with Crippen molar-refractivity contribution in [3.05, 3.63) is 69.5 Å². The second-order valence-corrected chi connectivity index (χ2v) is 5.49. The minimum atomic E-state index is -1.29. The average molecular weight is 305 g/mol. The van der Waals surface area contributed by atoms with Crippen molar-refractivity contribution < 1.29 is 14.7 Å². The van der Waals surface area contributed by atoms with E-state index in [0.29, 0.717) is 33.2 Å². The predicted octanol–water partition coefficient (Wildman–Crippen LogP) is 2.45. The number of hydrogen-bond donors (Lipinski definition) is 1. The van der Waals surface area contributed by atoms with Gasteiger partial charge in [0.1, 0.15) is 5.56 Å². The van der Waals surface area contributed by atoms with Crippen LogP contribution in [0.4, 0.5) is 0 Å². The highest BCUT2D eigenvalue weighted by molar-refractivity contribution is 6.27. The van der Waals surface area contributed by atoms with Gasteiger partial charge >= 0.3 is 5.97 Å². The number of pyridine rings is 1. The van der Waals surface area contributed by atoms with E-state index in [0.717, 1.165) is 0 Å². The molecule has 0 amide bonds. The first-order chi connectivity index (χ1) is 11.0. The Morgan fingerprint density at radius 1 is 0.957 bits per heavy atom. The van der Waals surface area contributed by atoms with E-state index >= 15 is 0 Å². The van der Waals surface area contributed by atoms with Crippen molar-refractivity contribution in [1.82, 2.24) is 4.57 Å². The van der Waals surface area contributed by atoms with Crippen molar-refractivity contribution in [3.8, 4) is 11.1 Å². The minimum Gasteiger partial charge on any atom is -0.477 e. The molecule has 0 fully saturated rings. The normalized spacial score (nSPS) is 12.3. The number of aromatic nitrogens is 1. The van der Waals surface area contributed by atoms with Crippen molar-refractivity contribution in [3.63, 3.8) is 0 Å². The van der Waals surface area contributed by atoms with E-state index in [1.54, 1.807) is 42.5 Å². The lowest BCUT2D eigenvalue weighted by Crippen LogP contribution is -2.28. The molecule has 4 rings (SSSR count). The van der Waals surface area contributed by atoms with Crippen LogP contribution in [0.3, 0.4) is 0 Å². The van der Waals surface area contributed by atoms with Gasteiger partial charge in [0.25, 0.3) is 5.56 Å². The highest BCUT2D eigenvalue weighted by atomic mass is 16.4. The number of carbonyl (C=O) groups excluding carboxylic acids is 1. The molecule has 5 heteroatoms. The molecule has 112 valence electrons.